The molecule has 3 heterocycles. The number of aromatic nitrogens is 2. The van der Waals surface area contributed by atoms with Gasteiger partial charge in [-0.3, -0.25) is 29.2 Å². The lowest BCUT2D eigenvalue weighted by Gasteiger charge is -2.35. The highest BCUT2D eigenvalue weighted by Gasteiger charge is 2.39. The van der Waals surface area contributed by atoms with Crippen LogP contribution < -0.4 is 16.5 Å². The van der Waals surface area contributed by atoms with Crippen molar-refractivity contribution in [2.75, 3.05) is 33.9 Å². The molecule has 6 rings (SSSR count). The minimum absolute atomic E-state index is 0.0163. The molecular formula is C50H69N7O7. The molecule has 0 unspecified atom stereocenters. The SMILES string of the molecule is CCn1c(-c2cccnc2[C@H](C)OC)c(CC(C)(C)COC(C)=O)c2cc(-c3cc(O)cc(C[C@H](NC(=O)[C@H](C(C)C)N(C)C(=O)[C@H]4CCC[C@H]4N)C(=O)N4CCCCN4)c3)ccc21. The summed E-state index contributed by atoms with van der Waals surface area (Å²) in [5.74, 6) is -1.78. The molecule has 2 aliphatic rings. The summed E-state index contributed by atoms with van der Waals surface area (Å²) in [6, 6.07) is 13.5. The molecule has 346 valence electrons. The number of nitrogens with zero attached hydrogens (tertiary/aromatic N) is 4. The van der Waals surface area contributed by atoms with E-state index in [2.05, 4.69) is 54.3 Å². The van der Waals surface area contributed by atoms with E-state index in [4.69, 9.17) is 20.2 Å². The number of ether oxygens (including phenoxy) is 2. The molecule has 0 spiro atoms. The Kier molecular flexibility index (Phi) is 15.6. The highest BCUT2D eigenvalue weighted by Crippen LogP contribution is 2.42. The van der Waals surface area contributed by atoms with Crippen LogP contribution >= 0.6 is 0 Å². The minimum atomic E-state index is -0.996. The number of likely N-dealkylation sites (N-methyl/N-ethyl adjacent to an activating group) is 1. The number of nitrogens with two attached hydrogens (primary N) is 1. The molecule has 4 aromatic rings. The number of rotatable bonds is 17. The number of carbonyl (C=O) groups is 4. The van der Waals surface area contributed by atoms with Gasteiger partial charge in [0.05, 0.1) is 30.0 Å². The van der Waals surface area contributed by atoms with Gasteiger partial charge in [0.1, 0.15) is 17.8 Å². The average molecular weight is 880 g/mol. The number of phenolic OH excluding ortho intramolecular Hbond substituents is 1. The van der Waals surface area contributed by atoms with E-state index < -0.39 is 23.4 Å². The highest BCUT2D eigenvalue weighted by atomic mass is 16.5. The van der Waals surface area contributed by atoms with Crippen LogP contribution in [0.2, 0.25) is 0 Å². The molecule has 3 amide bonds. The van der Waals surface area contributed by atoms with Crippen LogP contribution in [0.15, 0.2) is 54.7 Å². The van der Waals surface area contributed by atoms with E-state index in [1.165, 1.54) is 11.8 Å². The maximum Gasteiger partial charge on any atom is 0.302 e. The summed E-state index contributed by atoms with van der Waals surface area (Å²) in [6.45, 7) is 15.5. The van der Waals surface area contributed by atoms with Gasteiger partial charge in [0.2, 0.25) is 11.8 Å². The van der Waals surface area contributed by atoms with Crippen molar-refractivity contribution in [2.24, 2.45) is 23.0 Å². The van der Waals surface area contributed by atoms with Gasteiger partial charge >= 0.3 is 5.97 Å². The van der Waals surface area contributed by atoms with Gasteiger partial charge in [0, 0.05) is 81.3 Å². The molecule has 0 bridgehead atoms. The number of esters is 1. The Bertz CT molecular complexity index is 2320. The van der Waals surface area contributed by atoms with Gasteiger partial charge < -0.3 is 35.1 Å². The third kappa shape index (κ3) is 10.8. The number of aryl methyl sites for hydroxylation is 1. The summed E-state index contributed by atoms with van der Waals surface area (Å²) in [7, 11) is 3.32. The van der Waals surface area contributed by atoms with Crippen LogP contribution in [0.5, 0.6) is 5.75 Å². The predicted octanol–water partition coefficient (Wildman–Crippen LogP) is 6.70. The lowest BCUT2D eigenvalue weighted by Crippen LogP contribution is -2.60. The first-order valence-corrected chi connectivity index (χ1v) is 22.9. The van der Waals surface area contributed by atoms with Crippen molar-refractivity contribution in [1.82, 2.24) is 30.2 Å². The fourth-order valence-corrected chi connectivity index (χ4v) is 9.63. The molecule has 0 radical (unpaired) electrons. The number of fused-ring (bicyclic) bond motifs is 1. The summed E-state index contributed by atoms with van der Waals surface area (Å²) in [5, 5.41) is 16.9. The van der Waals surface area contributed by atoms with Crippen LogP contribution in [0.1, 0.15) is 103 Å². The van der Waals surface area contributed by atoms with E-state index in [9.17, 15) is 24.3 Å². The zero-order valence-electron chi connectivity index (χ0n) is 39.2. The van der Waals surface area contributed by atoms with Gasteiger partial charge in [0.15, 0.2) is 0 Å². The third-order valence-electron chi connectivity index (χ3n) is 12.9. The molecule has 1 saturated heterocycles. The number of nitrogens with one attached hydrogen (secondary N) is 2. The smallest absolute Gasteiger partial charge is 0.302 e. The topological polar surface area (TPSA) is 181 Å². The second-order valence-electron chi connectivity index (χ2n) is 18.8. The van der Waals surface area contributed by atoms with Crippen molar-refractivity contribution in [1.29, 1.82) is 0 Å². The number of phenols is 1. The fraction of sp³-hybridized carbons (Fsp3) is 0.540. The first kappa shape index (κ1) is 48.2. The maximum absolute atomic E-state index is 14.3. The van der Waals surface area contributed by atoms with E-state index in [-0.39, 0.29) is 60.5 Å². The number of hydrazine groups is 1. The van der Waals surface area contributed by atoms with E-state index in [1.807, 2.05) is 39.0 Å². The number of pyridine rings is 1. The van der Waals surface area contributed by atoms with E-state index in [1.54, 1.807) is 37.5 Å². The van der Waals surface area contributed by atoms with Crippen LogP contribution in [0, 0.1) is 17.3 Å². The largest absolute Gasteiger partial charge is 0.508 e. The molecular weight excluding hydrogens is 811 g/mol. The standard InChI is InChI=1S/C50H69N7O7/c1-10-56-43-19-18-34(27-39(43)40(28-50(6,7)29-64-32(5)58)46(56)38-16-14-20-52-44(38)31(4)63-9)35-23-33(24-36(59)26-35)25-42(49(62)57-22-12-11-21-53-57)54-47(60)45(30(2)3)55(8)48(61)37-15-13-17-41(37)51/h14,16,18-20,23-24,26-27,30-31,37,41-42,45,53,59H,10-13,15,17,21-22,25,28-29,51H2,1-9H3,(H,54,60)/t31-,37-,41+,42-,45-/m0/s1. The number of hydrogen-bond donors (Lipinski definition) is 4. The Hall–Kier alpha value is -5.31. The summed E-state index contributed by atoms with van der Waals surface area (Å²) in [5.41, 5.74) is 16.1. The molecule has 1 aliphatic heterocycles. The van der Waals surface area contributed by atoms with Crippen molar-refractivity contribution in [3.8, 4) is 28.1 Å². The van der Waals surface area contributed by atoms with Crippen LogP contribution in [-0.2, 0) is 48.0 Å². The summed E-state index contributed by atoms with van der Waals surface area (Å²) in [6.07, 6.45) is 6.24. The van der Waals surface area contributed by atoms with Gasteiger partial charge in [-0.25, -0.2) is 5.43 Å². The van der Waals surface area contributed by atoms with Crippen molar-refractivity contribution in [3.63, 3.8) is 0 Å². The van der Waals surface area contributed by atoms with Crippen LogP contribution in [0.25, 0.3) is 33.3 Å². The number of carbonyl (C=O) groups excluding carboxylic acids is 4. The van der Waals surface area contributed by atoms with Gasteiger partial charge in [-0.15, -0.1) is 0 Å². The van der Waals surface area contributed by atoms with Gasteiger partial charge in [-0.05, 0) is 111 Å². The quantitative estimate of drug-likeness (QED) is 0.0834. The maximum atomic E-state index is 14.3. The average Bonchev–Trinajstić information content (AvgIpc) is 3.84. The second-order valence-corrected chi connectivity index (χ2v) is 18.8. The number of amides is 3. The minimum Gasteiger partial charge on any atom is -0.508 e. The Labute approximate surface area is 378 Å². The van der Waals surface area contributed by atoms with E-state index in [0.29, 0.717) is 38.0 Å². The van der Waals surface area contributed by atoms with Crippen LogP contribution in [-0.4, -0.2) is 100 Å². The van der Waals surface area contributed by atoms with E-state index in [0.717, 1.165) is 70.2 Å². The lowest BCUT2D eigenvalue weighted by atomic mass is 9.84. The van der Waals surface area contributed by atoms with Crippen molar-refractivity contribution >= 4 is 34.6 Å². The Morgan fingerprint density at radius 3 is 2.45 bits per heavy atom. The van der Waals surface area contributed by atoms with Crippen molar-refractivity contribution in [3.05, 3.63) is 71.5 Å². The van der Waals surface area contributed by atoms with Crippen LogP contribution in [0.4, 0.5) is 0 Å². The molecule has 2 fully saturated rings. The first-order valence-electron chi connectivity index (χ1n) is 22.9. The van der Waals surface area contributed by atoms with Gasteiger partial charge in [-0.2, -0.15) is 0 Å². The van der Waals surface area contributed by atoms with Crippen molar-refractivity contribution in [2.45, 2.75) is 124 Å². The predicted molar refractivity (Wildman–Crippen MR) is 249 cm³/mol. The lowest BCUT2D eigenvalue weighted by molar-refractivity contribution is -0.146. The molecule has 14 heteroatoms. The normalized spacial score (nSPS) is 18.2. The van der Waals surface area contributed by atoms with E-state index >= 15 is 0 Å². The number of aromatic hydroxyl groups is 1. The number of hydrogen-bond acceptors (Lipinski definition) is 10. The first-order chi connectivity index (χ1) is 30.4. The number of methoxy groups -OCH3 is 1. The molecule has 1 aliphatic carbocycles. The molecule has 2 aromatic heterocycles. The summed E-state index contributed by atoms with van der Waals surface area (Å²) in [4.78, 5) is 60.6. The summed E-state index contributed by atoms with van der Waals surface area (Å²) >= 11 is 0. The zero-order valence-corrected chi connectivity index (χ0v) is 39.2. The molecule has 2 aromatic carbocycles. The Balaban J connectivity index is 1.41. The number of benzene rings is 2. The third-order valence-corrected chi connectivity index (χ3v) is 12.9. The molecule has 5 N–H and O–H groups in total. The fourth-order valence-electron chi connectivity index (χ4n) is 9.63. The molecule has 5 atom stereocenters. The highest BCUT2D eigenvalue weighted by molar-refractivity contribution is 5.96. The van der Waals surface area contributed by atoms with Crippen molar-refractivity contribution < 1.29 is 33.8 Å². The second kappa shape index (κ2) is 20.7. The Morgan fingerprint density at radius 1 is 1.05 bits per heavy atom. The van der Waals surface area contributed by atoms with Crippen LogP contribution in [0.3, 0.4) is 0 Å². The molecule has 64 heavy (non-hydrogen) atoms. The Morgan fingerprint density at radius 2 is 1.81 bits per heavy atom. The molecule has 1 saturated carbocycles. The molecule has 14 nitrogen and oxygen atoms in total. The van der Waals surface area contributed by atoms with Gasteiger partial charge in [-0.1, -0.05) is 46.2 Å². The zero-order chi connectivity index (χ0) is 46.5. The monoisotopic (exact) mass is 880 g/mol. The summed E-state index contributed by atoms with van der Waals surface area (Å²) < 4.78 is 13.6. The van der Waals surface area contributed by atoms with Gasteiger partial charge in [0.25, 0.3) is 5.91 Å².